The summed E-state index contributed by atoms with van der Waals surface area (Å²) < 4.78 is 0. The Balaban J connectivity index is -0.000000141. The normalized spacial score (nSPS) is 9.54. The fourth-order valence-electron chi connectivity index (χ4n) is 3.44. The maximum Gasteiger partial charge on any atom is 3.00 e. The zero-order chi connectivity index (χ0) is 32.4. The first-order chi connectivity index (χ1) is 18.5. The van der Waals surface area contributed by atoms with Crippen molar-refractivity contribution in [2.45, 2.75) is 120 Å². The second-order valence-electron chi connectivity index (χ2n) is 9.17. The quantitative estimate of drug-likeness (QED) is 0.167. The topological polar surface area (TPSA) is 206 Å². The third kappa shape index (κ3) is 33.4. The van der Waals surface area contributed by atoms with Crippen molar-refractivity contribution in [3.05, 3.63) is 0 Å². The molecule has 0 fully saturated rings. The van der Waals surface area contributed by atoms with Crippen molar-refractivity contribution in [1.82, 2.24) is 0 Å². The molecule has 0 bridgehead atoms. The third-order valence-electron chi connectivity index (χ3n) is 5.78. The summed E-state index contributed by atoms with van der Waals surface area (Å²) in [6.07, 6.45) is 3.03. The van der Waals surface area contributed by atoms with Crippen LogP contribution < -0.4 is 15.3 Å². The third-order valence-corrected chi connectivity index (χ3v) is 5.78. The first kappa shape index (κ1) is 48.0. The van der Waals surface area contributed by atoms with E-state index in [0.717, 1.165) is 0 Å². The molecule has 0 saturated carbocycles. The van der Waals surface area contributed by atoms with Crippen LogP contribution in [0.2, 0.25) is 0 Å². The summed E-state index contributed by atoms with van der Waals surface area (Å²) in [7, 11) is 0. The number of ketones is 5. The van der Waals surface area contributed by atoms with Gasteiger partial charge in [-0.2, -0.15) is 0 Å². The van der Waals surface area contributed by atoms with Gasteiger partial charge in [0.1, 0.15) is 28.9 Å². The fourth-order valence-corrected chi connectivity index (χ4v) is 3.44. The number of rotatable bonds is 17. The molecule has 232 valence electrons. The number of carboxylic acid groups (broad SMARTS) is 3. The number of carbonyl (C=O) groups excluding carboxylic acids is 8. The smallest absolute Gasteiger partial charge is 0.550 e. The molecule has 0 radical (unpaired) electrons. The molecular weight excluding hydrogens is 551 g/mol. The summed E-state index contributed by atoms with van der Waals surface area (Å²) in [5.74, 6) is -4.90. The Labute approximate surface area is 255 Å². The molecule has 0 spiro atoms. The van der Waals surface area contributed by atoms with Crippen LogP contribution in [0.25, 0.3) is 0 Å². The molecule has 12 heteroatoms. The van der Waals surface area contributed by atoms with Crippen LogP contribution in [-0.2, 0) is 38.4 Å². The summed E-state index contributed by atoms with van der Waals surface area (Å²) in [5, 5.41) is 30.0. The Hall–Kier alpha value is -2.71. The van der Waals surface area contributed by atoms with Crippen molar-refractivity contribution >= 4 is 64.2 Å². The van der Waals surface area contributed by atoms with Crippen LogP contribution in [0, 0.1) is 17.8 Å². The van der Waals surface area contributed by atoms with Crippen molar-refractivity contribution in [3.8, 4) is 0 Å². The number of carboxylic acids is 3. The van der Waals surface area contributed by atoms with Gasteiger partial charge < -0.3 is 29.7 Å². The zero-order valence-corrected chi connectivity index (χ0v) is 27.0. The van der Waals surface area contributed by atoms with Gasteiger partial charge in [0.2, 0.25) is 0 Å². The van der Waals surface area contributed by atoms with Gasteiger partial charge in [0.15, 0.2) is 0 Å². The second kappa shape index (κ2) is 30.3. The van der Waals surface area contributed by atoms with Gasteiger partial charge in [0, 0.05) is 54.9 Å². The zero-order valence-electron chi connectivity index (χ0n) is 25.9. The Morgan fingerprint density at radius 1 is 0.415 bits per heavy atom. The molecule has 0 aliphatic heterocycles. The monoisotopic (exact) mass is 598 g/mol. The van der Waals surface area contributed by atoms with Crippen LogP contribution >= 0.6 is 0 Å². The molecule has 0 aromatic carbocycles. The van der Waals surface area contributed by atoms with Gasteiger partial charge >= 0.3 is 17.4 Å². The summed E-state index contributed by atoms with van der Waals surface area (Å²) in [5.41, 5.74) is 0. The summed E-state index contributed by atoms with van der Waals surface area (Å²) in [6.45, 7) is 14.1. The average Bonchev–Trinajstić information content (AvgIpc) is 2.80. The average molecular weight is 599 g/mol. The van der Waals surface area contributed by atoms with Crippen LogP contribution in [0.3, 0.4) is 0 Å². The van der Waals surface area contributed by atoms with Gasteiger partial charge in [-0.15, -0.1) is 0 Å². The van der Waals surface area contributed by atoms with Crippen LogP contribution in [0.5, 0.6) is 0 Å². The van der Waals surface area contributed by atoms with E-state index in [1.54, 1.807) is 0 Å². The Morgan fingerprint density at radius 2 is 0.585 bits per heavy atom. The van der Waals surface area contributed by atoms with Crippen molar-refractivity contribution in [2.75, 3.05) is 0 Å². The van der Waals surface area contributed by atoms with E-state index in [1.165, 1.54) is 13.8 Å². The summed E-state index contributed by atoms with van der Waals surface area (Å²) in [4.78, 5) is 83.1. The van der Waals surface area contributed by atoms with E-state index in [1.807, 2.05) is 41.5 Å². The Morgan fingerprint density at radius 3 is 0.659 bits per heavy atom. The SMILES string of the molecule is CC(=O)CC(C)=O.CCC(CC)C(=O)CC(=O)[O-].CCC(CC)C(=O)CC(=O)[O-].CCC(CC)C(=O)CC(=O)[O-].[Al+3]. The molecule has 11 nitrogen and oxygen atoms in total. The van der Waals surface area contributed by atoms with E-state index in [-0.39, 0.29) is 70.5 Å². The number of hydrogen-bond acceptors (Lipinski definition) is 11. The Kier molecular flexibility index (Phi) is 35.5. The van der Waals surface area contributed by atoms with Crippen molar-refractivity contribution in [3.63, 3.8) is 0 Å². The molecule has 0 atom stereocenters. The number of hydrogen-bond donors (Lipinski definition) is 0. The maximum absolute atomic E-state index is 11.0. The van der Waals surface area contributed by atoms with Crippen LogP contribution in [0.1, 0.15) is 120 Å². The molecule has 0 aliphatic rings. The molecule has 0 amide bonds. The summed E-state index contributed by atoms with van der Waals surface area (Å²) >= 11 is 0. The molecule has 0 aromatic rings. The van der Waals surface area contributed by atoms with Gasteiger partial charge in [-0.05, 0) is 52.4 Å². The molecular formula is C29H47AlO11. The van der Waals surface area contributed by atoms with E-state index in [2.05, 4.69) is 0 Å². The van der Waals surface area contributed by atoms with E-state index >= 15 is 0 Å². The first-order valence-corrected chi connectivity index (χ1v) is 13.6. The molecule has 41 heavy (non-hydrogen) atoms. The minimum absolute atomic E-state index is 0. The van der Waals surface area contributed by atoms with Gasteiger partial charge in [0.05, 0.1) is 6.42 Å². The maximum atomic E-state index is 11.0. The predicted octanol–water partition coefficient (Wildman–Crippen LogP) is 0.569. The predicted molar refractivity (Wildman–Crippen MR) is 148 cm³/mol. The van der Waals surface area contributed by atoms with Crippen LogP contribution in [-0.4, -0.2) is 64.2 Å². The molecule has 0 N–H and O–H groups in total. The fraction of sp³-hybridized carbons (Fsp3) is 0.724. The van der Waals surface area contributed by atoms with Gasteiger partial charge in [0.25, 0.3) is 0 Å². The van der Waals surface area contributed by atoms with Crippen LogP contribution in [0.4, 0.5) is 0 Å². The number of aliphatic carboxylic acids is 3. The largest absolute Gasteiger partial charge is 3.00 e. The minimum atomic E-state index is -1.28. The number of carbonyl (C=O) groups is 8. The number of Topliss-reactive ketones (excluding diaryl/α,β-unsaturated/α-hetero) is 5. The minimum Gasteiger partial charge on any atom is -0.550 e. The molecule has 0 saturated heterocycles. The van der Waals surface area contributed by atoms with Gasteiger partial charge in [-0.25, -0.2) is 0 Å². The van der Waals surface area contributed by atoms with E-state index < -0.39 is 37.2 Å². The second-order valence-corrected chi connectivity index (χ2v) is 9.17. The van der Waals surface area contributed by atoms with E-state index in [0.29, 0.717) is 38.5 Å². The van der Waals surface area contributed by atoms with Gasteiger partial charge in [-0.3, -0.25) is 24.0 Å². The molecule has 0 heterocycles. The van der Waals surface area contributed by atoms with Crippen molar-refractivity contribution in [2.24, 2.45) is 17.8 Å². The molecule has 0 rings (SSSR count). The first-order valence-electron chi connectivity index (χ1n) is 13.6. The van der Waals surface area contributed by atoms with Crippen molar-refractivity contribution in [1.29, 1.82) is 0 Å². The van der Waals surface area contributed by atoms with Gasteiger partial charge in [-0.1, -0.05) is 41.5 Å². The molecule has 0 aromatic heterocycles. The van der Waals surface area contributed by atoms with E-state index in [9.17, 15) is 53.7 Å². The van der Waals surface area contributed by atoms with E-state index in [4.69, 9.17) is 0 Å². The van der Waals surface area contributed by atoms with Crippen molar-refractivity contribution < 1.29 is 53.7 Å². The van der Waals surface area contributed by atoms with Crippen LogP contribution in [0.15, 0.2) is 0 Å². The molecule has 0 aliphatic carbocycles. The Bertz CT molecular complexity index is 712. The summed E-state index contributed by atoms with van der Waals surface area (Å²) in [6, 6.07) is 0. The standard InChI is InChI=1S/3C8H14O3.C5H8O2.Al/c3*1-3-6(4-2)7(9)5-8(10)11;1-4(6)3-5(2)7;/h3*6H,3-5H2,1-2H3,(H,10,11);3H2,1-2H3;/q;;;;+3/p-3. The molecule has 0 unspecified atom stereocenters.